The topological polar surface area (TPSA) is 21.3 Å². The quantitative estimate of drug-likeness (QED) is 0.609. The van der Waals surface area contributed by atoms with Gasteiger partial charge in [-0.25, -0.2) is 0 Å². The van der Waals surface area contributed by atoms with Gasteiger partial charge in [0.05, 0.1) is 0 Å². The molecule has 2 heteroatoms. The van der Waals surface area contributed by atoms with E-state index in [2.05, 4.69) is 18.8 Å². The third-order valence-electron chi connectivity index (χ3n) is 2.95. The predicted molar refractivity (Wildman–Crippen MR) is 55.8 cm³/mol. The van der Waals surface area contributed by atoms with E-state index in [1.807, 2.05) is 6.08 Å². The fourth-order valence-corrected chi connectivity index (χ4v) is 1.47. The summed E-state index contributed by atoms with van der Waals surface area (Å²) in [5.41, 5.74) is 0.549. The van der Waals surface area contributed by atoms with Crippen LogP contribution in [0, 0.1) is 5.41 Å². The fraction of sp³-hybridized carbons (Fsp3) is 0.818. The molecule has 1 fully saturated rings. The van der Waals surface area contributed by atoms with Crippen LogP contribution in [0.1, 0.15) is 26.2 Å². The zero-order chi connectivity index (χ0) is 9.73. The van der Waals surface area contributed by atoms with E-state index in [0.717, 1.165) is 13.2 Å². The summed E-state index contributed by atoms with van der Waals surface area (Å²) in [7, 11) is 1.77. The Kier molecular flexibility index (Phi) is 3.94. The average molecular weight is 183 g/mol. The van der Waals surface area contributed by atoms with Gasteiger partial charge in [-0.1, -0.05) is 6.08 Å². The summed E-state index contributed by atoms with van der Waals surface area (Å²) in [6.45, 7) is 7.90. The van der Waals surface area contributed by atoms with Gasteiger partial charge in [0.15, 0.2) is 0 Å². The summed E-state index contributed by atoms with van der Waals surface area (Å²) < 4.78 is 5.10. The largest absolute Gasteiger partial charge is 0.385 e. The van der Waals surface area contributed by atoms with Crippen LogP contribution in [0.5, 0.6) is 0 Å². The number of rotatable bonds is 7. The highest BCUT2D eigenvalue weighted by Crippen LogP contribution is 2.48. The van der Waals surface area contributed by atoms with Crippen LogP contribution < -0.4 is 5.32 Å². The van der Waals surface area contributed by atoms with Crippen molar-refractivity contribution in [1.29, 1.82) is 0 Å². The van der Waals surface area contributed by atoms with Gasteiger partial charge in [-0.15, -0.1) is 6.58 Å². The van der Waals surface area contributed by atoms with Crippen LogP contribution >= 0.6 is 0 Å². The molecule has 0 radical (unpaired) electrons. The van der Waals surface area contributed by atoms with Gasteiger partial charge in [0.1, 0.15) is 0 Å². The van der Waals surface area contributed by atoms with E-state index in [1.54, 1.807) is 7.11 Å². The predicted octanol–water partition coefficient (Wildman–Crippen LogP) is 1.97. The van der Waals surface area contributed by atoms with Crippen LogP contribution in [0.3, 0.4) is 0 Å². The molecule has 2 nitrogen and oxygen atoms in total. The van der Waals surface area contributed by atoms with Crippen molar-refractivity contribution in [2.75, 3.05) is 20.3 Å². The molecule has 1 N–H and O–H groups in total. The van der Waals surface area contributed by atoms with Crippen LogP contribution in [0.2, 0.25) is 0 Å². The smallest absolute Gasteiger partial charge is 0.0468 e. The minimum absolute atomic E-state index is 0.431. The van der Waals surface area contributed by atoms with E-state index in [0.29, 0.717) is 11.5 Å². The van der Waals surface area contributed by atoms with Crippen molar-refractivity contribution < 1.29 is 4.74 Å². The van der Waals surface area contributed by atoms with Crippen molar-refractivity contribution in [3.05, 3.63) is 12.7 Å². The van der Waals surface area contributed by atoms with E-state index in [9.17, 15) is 0 Å². The first kappa shape index (κ1) is 10.7. The van der Waals surface area contributed by atoms with Gasteiger partial charge in [-0.2, -0.15) is 0 Å². The molecule has 0 aromatic heterocycles. The summed E-state index contributed by atoms with van der Waals surface area (Å²) in [5.74, 6) is 0. The molecule has 0 aromatic carbocycles. The zero-order valence-corrected chi connectivity index (χ0v) is 8.81. The van der Waals surface area contributed by atoms with E-state index in [1.165, 1.54) is 19.3 Å². The van der Waals surface area contributed by atoms with Gasteiger partial charge in [-0.3, -0.25) is 0 Å². The molecule has 0 heterocycles. The molecule has 1 atom stereocenters. The molecule has 1 aliphatic rings. The van der Waals surface area contributed by atoms with Crippen molar-refractivity contribution >= 4 is 0 Å². The maximum Gasteiger partial charge on any atom is 0.0468 e. The summed E-state index contributed by atoms with van der Waals surface area (Å²) in [6, 6.07) is 0.431. The van der Waals surface area contributed by atoms with Crippen LogP contribution in [0.4, 0.5) is 0 Å². The van der Waals surface area contributed by atoms with Crippen LogP contribution in [0.25, 0.3) is 0 Å². The SMILES string of the molecule is C=CC(C)NCC1(CCOC)CC1. The summed E-state index contributed by atoms with van der Waals surface area (Å²) in [6.07, 6.45) is 5.85. The van der Waals surface area contributed by atoms with E-state index < -0.39 is 0 Å². The van der Waals surface area contributed by atoms with Crippen molar-refractivity contribution in [3.8, 4) is 0 Å². The Bertz CT molecular complexity index is 163. The second kappa shape index (κ2) is 4.77. The molecule has 0 amide bonds. The Labute approximate surface area is 81.4 Å². The first-order valence-corrected chi connectivity index (χ1v) is 5.07. The Balaban J connectivity index is 2.15. The van der Waals surface area contributed by atoms with Gasteiger partial charge in [0.2, 0.25) is 0 Å². The Morgan fingerprint density at radius 1 is 1.62 bits per heavy atom. The van der Waals surface area contributed by atoms with E-state index in [4.69, 9.17) is 4.74 Å². The summed E-state index contributed by atoms with van der Waals surface area (Å²) >= 11 is 0. The molecular weight excluding hydrogens is 162 g/mol. The highest BCUT2D eigenvalue weighted by Gasteiger charge is 2.41. The van der Waals surface area contributed by atoms with Crippen LogP contribution in [-0.2, 0) is 4.74 Å². The normalized spacial score (nSPS) is 21.1. The molecule has 0 saturated heterocycles. The molecule has 0 aliphatic heterocycles. The number of methoxy groups -OCH3 is 1. The average Bonchev–Trinajstić information content (AvgIpc) is 2.92. The zero-order valence-electron chi connectivity index (χ0n) is 8.81. The summed E-state index contributed by atoms with van der Waals surface area (Å²) in [4.78, 5) is 0. The lowest BCUT2D eigenvalue weighted by molar-refractivity contribution is 0.171. The number of hydrogen-bond acceptors (Lipinski definition) is 2. The Morgan fingerprint density at radius 2 is 2.31 bits per heavy atom. The molecule has 1 aliphatic carbocycles. The molecular formula is C11H21NO. The van der Waals surface area contributed by atoms with Gasteiger partial charge in [-0.05, 0) is 31.6 Å². The highest BCUT2D eigenvalue weighted by molar-refractivity contribution is 4.96. The lowest BCUT2D eigenvalue weighted by atomic mass is 10.0. The number of nitrogens with one attached hydrogen (secondary N) is 1. The molecule has 13 heavy (non-hydrogen) atoms. The minimum atomic E-state index is 0.431. The second-order valence-corrected chi connectivity index (χ2v) is 4.15. The van der Waals surface area contributed by atoms with Crippen LogP contribution in [0.15, 0.2) is 12.7 Å². The maximum absolute atomic E-state index is 5.10. The van der Waals surface area contributed by atoms with Gasteiger partial charge < -0.3 is 10.1 Å². The number of hydrogen-bond donors (Lipinski definition) is 1. The first-order valence-electron chi connectivity index (χ1n) is 5.07. The maximum atomic E-state index is 5.10. The molecule has 1 saturated carbocycles. The lowest BCUT2D eigenvalue weighted by Crippen LogP contribution is -2.31. The van der Waals surface area contributed by atoms with Crippen molar-refractivity contribution in [2.45, 2.75) is 32.2 Å². The first-order chi connectivity index (χ1) is 6.22. The van der Waals surface area contributed by atoms with Crippen molar-refractivity contribution in [3.63, 3.8) is 0 Å². The molecule has 0 spiro atoms. The Hall–Kier alpha value is -0.340. The molecule has 1 rings (SSSR count). The monoisotopic (exact) mass is 183 g/mol. The molecule has 1 unspecified atom stereocenters. The number of ether oxygens (including phenoxy) is 1. The standard InChI is InChI=1S/C11H21NO/c1-4-10(2)12-9-11(5-6-11)7-8-13-3/h4,10,12H,1,5-9H2,2-3H3. The minimum Gasteiger partial charge on any atom is -0.385 e. The Morgan fingerprint density at radius 3 is 2.77 bits per heavy atom. The molecule has 0 aromatic rings. The molecule has 0 bridgehead atoms. The third-order valence-corrected chi connectivity index (χ3v) is 2.95. The van der Waals surface area contributed by atoms with Crippen LogP contribution in [-0.4, -0.2) is 26.3 Å². The van der Waals surface area contributed by atoms with Gasteiger partial charge in [0.25, 0.3) is 0 Å². The van der Waals surface area contributed by atoms with Crippen molar-refractivity contribution in [2.24, 2.45) is 5.41 Å². The van der Waals surface area contributed by atoms with Gasteiger partial charge in [0, 0.05) is 26.3 Å². The van der Waals surface area contributed by atoms with Gasteiger partial charge >= 0.3 is 0 Å². The molecule has 76 valence electrons. The van der Waals surface area contributed by atoms with Crippen molar-refractivity contribution in [1.82, 2.24) is 5.32 Å². The summed E-state index contributed by atoms with van der Waals surface area (Å²) in [5, 5.41) is 3.47. The highest BCUT2D eigenvalue weighted by atomic mass is 16.5. The lowest BCUT2D eigenvalue weighted by Gasteiger charge is -2.17. The fourth-order valence-electron chi connectivity index (χ4n) is 1.47. The van der Waals surface area contributed by atoms with E-state index in [-0.39, 0.29) is 0 Å². The van der Waals surface area contributed by atoms with E-state index >= 15 is 0 Å². The third kappa shape index (κ3) is 3.49. The second-order valence-electron chi connectivity index (χ2n) is 4.15.